The van der Waals surface area contributed by atoms with Crippen molar-refractivity contribution in [3.05, 3.63) is 54.5 Å². The molecule has 3 aromatic heterocycles. The van der Waals surface area contributed by atoms with Crippen molar-refractivity contribution in [3.8, 4) is 5.95 Å². The summed E-state index contributed by atoms with van der Waals surface area (Å²) in [7, 11) is 3.59. The Morgan fingerprint density at radius 2 is 1.94 bits per heavy atom. The number of amides is 2. The molecular formula is C25H28N8O2. The molecule has 10 nitrogen and oxygen atoms in total. The molecule has 1 aliphatic rings. The Morgan fingerprint density at radius 1 is 1.11 bits per heavy atom. The molecule has 0 saturated carbocycles. The van der Waals surface area contributed by atoms with Gasteiger partial charge in [-0.15, -0.1) is 0 Å². The third-order valence-electron chi connectivity index (χ3n) is 6.29. The molecule has 0 aliphatic carbocycles. The Hall–Kier alpha value is -4.21. The number of aryl methyl sites for hydroxylation is 1. The summed E-state index contributed by atoms with van der Waals surface area (Å²) >= 11 is 0. The molecule has 0 spiro atoms. The maximum atomic E-state index is 13.1. The first-order valence-corrected chi connectivity index (χ1v) is 11.8. The summed E-state index contributed by atoms with van der Waals surface area (Å²) in [6, 6.07) is 8.98. The number of aromatic nitrogens is 5. The zero-order chi connectivity index (χ0) is 24.7. The summed E-state index contributed by atoms with van der Waals surface area (Å²) < 4.78 is 3.59. The number of hydrogen-bond acceptors (Lipinski definition) is 6. The monoisotopic (exact) mass is 472 g/mol. The lowest BCUT2D eigenvalue weighted by atomic mass is 10.1. The van der Waals surface area contributed by atoms with Crippen molar-refractivity contribution in [1.82, 2.24) is 29.6 Å². The van der Waals surface area contributed by atoms with Gasteiger partial charge >= 0.3 is 0 Å². The van der Waals surface area contributed by atoms with Gasteiger partial charge in [0, 0.05) is 50.0 Å². The molecule has 0 radical (unpaired) electrons. The molecule has 1 atom stereocenters. The summed E-state index contributed by atoms with van der Waals surface area (Å²) in [5, 5.41) is 8.37. The minimum atomic E-state index is -0.421. The highest BCUT2D eigenvalue weighted by Crippen LogP contribution is 2.39. The van der Waals surface area contributed by atoms with Crippen LogP contribution in [0.3, 0.4) is 0 Å². The molecule has 10 heteroatoms. The van der Waals surface area contributed by atoms with E-state index in [0.29, 0.717) is 41.8 Å². The first-order chi connectivity index (χ1) is 16.9. The highest BCUT2D eigenvalue weighted by molar-refractivity contribution is 6.06. The maximum Gasteiger partial charge on any atom is 0.251 e. The van der Waals surface area contributed by atoms with Crippen molar-refractivity contribution >= 4 is 40.0 Å². The second kappa shape index (κ2) is 8.86. The van der Waals surface area contributed by atoms with E-state index in [0.717, 1.165) is 17.3 Å². The fraction of sp³-hybridized carbons (Fsp3) is 0.320. The summed E-state index contributed by atoms with van der Waals surface area (Å²) in [6.45, 7) is 4.64. The van der Waals surface area contributed by atoms with Gasteiger partial charge in [-0.25, -0.2) is 4.98 Å². The van der Waals surface area contributed by atoms with E-state index in [-0.39, 0.29) is 11.8 Å². The summed E-state index contributed by atoms with van der Waals surface area (Å²) in [5.41, 5.74) is 2.12. The molecule has 35 heavy (non-hydrogen) atoms. The number of hydrogen-bond donors (Lipinski definition) is 1. The predicted molar refractivity (Wildman–Crippen MR) is 134 cm³/mol. The normalized spacial score (nSPS) is 15.5. The molecule has 0 fully saturated rings. The largest absolute Gasteiger partial charge is 0.352 e. The molecule has 2 amide bonds. The molecule has 1 N–H and O–H groups in total. The third kappa shape index (κ3) is 3.80. The maximum absolute atomic E-state index is 13.1. The van der Waals surface area contributed by atoms with Crippen LogP contribution in [0, 0.1) is 0 Å². The molecule has 1 aromatic carbocycles. The van der Waals surface area contributed by atoms with Crippen LogP contribution in [0.1, 0.15) is 37.0 Å². The fourth-order valence-corrected chi connectivity index (χ4v) is 4.44. The number of fused-ring (bicyclic) bond motifs is 2. The van der Waals surface area contributed by atoms with Crippen LogP contribution in [0.5, 0.6) is 0 Å². The summed E-state index contributed by atoms with van der Waals surface area (Å²) in [4.78, 5) is 38.5. The summed E-state index contributed by atoms with van der Waals surface area (Å²) in [6.07, 6.45) is 6.90. The standard InChI is InChI=1S/C25H28N8O2/c1-5-11-26-23(34)17-7-8-19-16(14-17)9-13-32(19)25-27-15-20-22(28-25)33(21-10-12-30(3)29-21)18(6-2)24(35)31(20)4/h7-10,12-15,18H,5-6,11H2,1-4H3,(H,26,34). The third-order valence-corrected chi connectivity index (χ3v) is 6.29. The average molecular weight is 473 g/mol. The van der Waals surface area contributed by atoms with Gasteiger partial charge in [0.05, 0.1) is 11.7 Å². The lowest BCUT2D eigenvalue weighted by molar-refractivity contribution is -0.119. The number of rotatable bonds is 6. The van der Waals surface area contributed by atoms with Gasteiger partial charge in [-0.2, -0.15) is 10.1 Å². The van der Waals surface area contributed by atoms with Crippen LogP contribution in [0.15, 0.2) is 48.9 Å². The minimum Gasteiger partial charge on any atom is -0.352 e. The van der Waals surface area contributed by atoms with Crippen molar-refractivity contribution in [2.75, 3.05) is 23.4 Å². The van der Waals surface area contributed by atoms with Crippen LogP contribution in [0.25, 0.3) is 16.9 Å². The molecular weight excluding hydrogens is 444 g/mol. The minimum absolute atomic E-state index is 0.0257. The lowest BCUT2D eigenvalue weighted by Crippen LogP contribution is -2.50. The molecule has 1 aliphatic heterocycles. The molecule has 4 heterocycles. The quantitative estimate of drug-likeness (QED) is 0.463. The van der Waals surface area contributed by atoms with E-state index in [1.54, 1.807) is 22.8 Å². The SMILES string of the molecule is CCCNC(=O)c1ccc2c(ccn2-c2ncc3c(n2)N(c2ccn(C)n2)C(CC)C(=O)N3C)c1. The Labute approximate surface area is 203 Å². The number of carbonyl (C=O) groups is 2. The average Bonchev–Trinajstić information content (AvgIpc) is 3.49. The summed E-state index contributed by atoms with van der Waals surface area (Å²) in [5.74, 6) is 1.64. The Bertz CT molecular complexity index is 1420. The van der Waals surface area contributed by atoms with E-state index in [1.165, 1.54) is 0 Å². The van der Waals surface area contributed by atoms with Crippen LogP contribution >= 0.6 is 0 Å². The van der Waals surface area contributed by atoms with E-state index >= 15 is 0 Å². The topological polar surface area (TPSA) is 101 Å². The van der Waals surface area contributed by atoms with E-state index in [2.05, 4.69) is 15.4 Å². The van der Waals surface area contributed by atoms with Crippen molar-refractivity contribution < 1.29 is 9.59 Å². The van der Waals surface area contributed by atoms with Crippen molar-refractivity contribution in [2.45, 2.75) is 32.7 Å². The Morgan fingerprint density at radius 3 is 2.66 bits per heavy atom. The van der Waals surface area contributed by atoms with E-state index in [9.17, 15) is 9.59 Å². The Kier molecular flexibility index (Phi) is 5.72. The van der Waals surface area contributed by atoms with Crippen molar-refractivity contribution in [1.29, 1.82) is 0 Å². The van der Waals surface area contributed by atoms with Gasteiger partial charge in [0.15, 0.2) is 11.6 Å². The molecule has 180 valence electrons. The zero-order valence-corrected chi connectivity index (χ0v) is 20.3. The zero-order valence-electron chi connectivity index (χ0n) is 20.3. The second-order valence-electron chi connectivity index (χ2n) is 8.63. The smallest absolute Gasteiger partial charge is 0.251 e. The second-order valence-corrected chi connectivity index (χ2v) is 8.63. The number of carbonyl (C=O) groups excluding carboxylic acids is 2. The first kappa shape index (κ1) is 22.6. The van der Waals surface area contributed by atoms with Gasteiger partial charge < -0.3 is 10.2 Å². The molecule has 4 aromatic rings. The van der Waals surface area contributed by atoms with E-state index < -0.39 is 6.04 Å². The fourth-order valence-electron chi connectivity index (χ4n) is 4.44. The number of nitrogens with zero attached hydrogens (tertiary/aromatic N) is 7. The van der Waals surface area contributed by atoms with Gasteiger partial charge in [0.25, 0.3) is 5.91 Å². The number of nitrogens with one attached hydrogen (secondary N) is 1. The highest BCUT2D eigenvalue weighted by Gasteiger charge is 2.39. The molecule has 0 saturated heterocycles. The van der Waals surface area contributed by atoms with Gasteiger partial charge in [-0.05, 0) is 37.1 Å². The van der Waals surface area contributed by atoms with E-state index in [4.69, 9.17) is 4.98 Å². The highest BCUT2D eigenvalue weighted by atomic mass is 16.2. The van der Waals surface area contributed by atoms with Crippen molar-refractivity contribution in [2.24, 2.45) is 7.05 Å². The van der Waals surface area contributed by atoms with Crippen LogP contribution in [0.2, 0.25) is 0 Å². The van der Waals surface area contributed by atoms with Crippen molar-refractivity contribution in [3.63, 3.8) is 0 Å². The van der Waals surface area contributed by atoms with Crippen LogP contribution in [0.4, 0.5) is 17.3 Å². The van der Waals surface area contributed by atoms with E-state index in [1.807, 2.05) is 73.1 Å². The van der Waals surface area contributed by atoms with Gasteiger partial charge in [-0.3, -0.25) is 23.7 Å². The Balaban J connectivity index is 1.59. The molecule has 1 unspecified atom stereocenters. The molecule has 0 bridgehead atoms. The van der Waals surface area contributed by atoms with Crippen LogP contribution in [-0.4, -0.2) is 55.8 Å². The van der Waals surface area contributed by atoms with Gasteiger partial charge in [-0.1, -0.05) is 13.8 Å². The number of benzene rings is 1. The van der Waals surface area contributed by atoms with Gasteiger partial charge in [0.1, 0.15) is 11.7 Å². The number of anilines is 3. The van der Waals surface area contributed by atoms with Crippen LogP contribution < -0.4 is 15.1 Å². The predicted octanol–water partition coefficient (Wildman–Crippen LogP) is 3.19. The first-order valence-electron chi connectivity index (χ1n) is 11.8. The van der Waals surface area contributed by atoms with Gasteiger partial charge in [0.2, 0.25) is 11.9 Å². The lowest BCUT2D eigenvalue weighted by Gasteiger charge is -2.39. The number of likely N-dealkylation sites (N-methyl/N-ethyl adjacent to an activating group) is 1. The molecule has 5 rings (SSSR count). The van der Waals surface area contributed by atoms with Crippen LogP contribution in [-0.2, 0) is 11.8 Å².